The molecule has 0 aliphatic carbocycles. The van der Waals surface area contributed by atoms with Crippen LogP contribution in [0.15, 0.2) is 4.99 Å². The number of carbonyl (C=O) groups is 1. The van der Waals surface area contributed by atoms with E-state index in [1.54, 1.807) is 0 Å². The molecule has 6 heteroatoms. The van der Waals surface area contributed by atoms with Crippen molar-refractivity contribution >= 4 is 23.6 Å². The van der Waals surface area contributed by atoms with Crippen molar-refractivity contribution in [3.05, 3.63) is 0 Å². The van der Waals surface area contributed by atoms with E-state index in [9.17, 15) is 4.79 Å². The van der Waals surface area contributed by atoms with Crippen LogP contribution in [-0.4, -0.2) is 48.5 Å². The summed E-state index contributed by atoms with van der Waals surface area (Å²) in [7, 11) is 0. The monoisotopic (exact) mass is 314 g/mol. The first kappa shape index (κ1) is 18.1. The van der Waals surface area contributed by atoms with Gasteiger partial charge in [-0.15, -0.1) is 0 Å². The van der Waals surface area contributed by atoms with E-state index >= 15 is 0 Å². The van der Waals surface area contributed by atoms with Crippen molar-refractivity contribution in [2.75, 3.05) is 25.4 Å². The summed E-state index contributed by atoms with van der Waals surface area (Å²) in [6, 6.07) is 0.249. The summed E-state index contributed by atoms with van der Waals surface area (Å²) in [4.78, 5) is 16.3. The Morgan fingerprint density at radius 1 is 1.38 bits per heavy atom. The minimum atomic E-state index is 0.0963. The molecule has 1 aliphatic rings. The minimum absolute atomic E-state index is 0.0963. The first-order valence-electron chi connectivity index (χ1n) is 8.08. The number of rotatable bonds is 8. The second-order valence-electron chi connectivity index (χ2n) is 5.41. The van der Waals surface area contributed by atoms with Gasteiger partial charge in [0.15, 0.2) is 5.96 Å². The number of hydrogen-bond donors (Lipinski definition) is 3. The lowest BCUT2D eigenvalue weighted by molar-refractivity contribution is -0.121. The average Bonchev–Trinajstić information content (AvgIpc) is 2.97. The van der Waals surface area contributed by atoms with E-state index in [1.807, 2.05) is 18.7 Å². The Hall–Kier alpha value is -0.910. The summed E-state index contributed by atoms with van der Waals surface area (Å²) in [5.74, 6) is 2.18. The van der Waals surface area contributed by atoms with Gasteiger partial charge >= 0.3 is 0 Å². The molecule has 1 rings (SSSR count). The number of amides is 1. The summed E-state index contributed by atoms with van der Waals surface area (Å²) in [5, 5.41) is 10.1. The van der Waals surface area contributed by atoms with Crippen LogP contribution in [0.4, 0.5) is 0 Å². The van der Waals surface area contributed by atoms with Crippen molar-refractivity contribution in [3.8, 4) is 0 Å². The molecule has 21 heavy (non-hydrogen) atoms. The molecule has 0 aromatic heterocycles. The Morgan fingerprint density at radius 3 is 2.81 bits per heavy atom. The van der Waals surface area contributed by atoms with Gasteiger partial charge in [0.2, 0.25) is 5.91 Å². The zero-order valence-electron chi connectivity index (χ0n) is 13.6. The second kappa shape index (κ2) is 10.8. The Kier molecular flexibility index (Phi) is 9.30. The van der Waals surface area contributed by atoms with Gasteiger partial charge in [0.05, 0.1) is 6.54 Å². The van der Waals surface area contributed by atoms with E-state index in [-0.39, 0.29) is 11.9 Å². The summed E-state index contributed by atoms with van der Waals surface area (Å²) < 4.78 is 0. The molecule has 0 aromatic rings. The van der Waals surface area contributed by atoms with Gasteiger partial charge in [-0.2, -0.15) is 11.8 Å². The molecule has 0 spiro atoms. The third kappa shape index (κ3) is 8.19. The molecule has 1 heterocycles. The molecule has 5 nitrogen and oxygen atoms in total. The fraction of sp³-hybridized carbons (Fsp3) is 0.867. The van der Waals surface area contributed by atoms with E-state index < -0.39 is 0 Å². The van der Waals surface area contributed by atoms with Crippen LogP contribution in [0.2, 0.25) is 0 Å². The molecule has 0 aromatic carbocycles. The Morgan fingerprint density at radius 2 is 2.19 bits per heavy atom. The lowest BCUT2D eigenvalue weighted by Gasteiger charge is -2.14. The van der Waals surface area contributed by atoms with E-state index in [1.165, 1.54) is 18.6 Å². The van der Waals surface area contributed by atoms with E-state index in [4.69, 9.17) is 0 Å². The lowest BCUT2D eigenvalue weighted by atomic mass is 10.2. The Labute approximate surface area is 133 Å². The van der Waals surface area contributed by atoms with Gasteiger partial charge in [0.25, 0.3) is 0 Å². The maximum atomic E-state index is 11.7. The van der Waals surface area contributed by atoms with Crippen LogP contribution >= 0.6 is 11.8 Å². The number of guanidine groups is 1. The van der Waals surface area contributed by atoms with Gasteiger partial charge in [-0.1, -0.05) is 6.92 Å². The van der Waals surface area contributed by atoms with Crippen LogP contribution in [0, 0.1) is 0 Å². The number of carbonyl (C=O) groups excluding carboxylic acids is 1. The molecule has 1 aliphatic heterocycles. The summed E-state index contributed by atoms with van der Waals surface area (Å²) >= 11 is 2.01. The zero-order valence-corrected chi connectivity index (χ0v) is 14.4. The molecule has 2 atom stereocenters. The molecular formula is C15H30N4OS. The molecule has 0 saturated carbocycles. The lowest BCUT2D eigenvalue weighted by Crippen LogP contribution is -2.40. The van der Waals surface area contributed by atoms with Crippen molar-refractivity contribution in [1.82, 2.24) is 16.0 Å². The predicted octanol–water partition coefficient (Wildman–Crippen LogP) is 1.74. The molecule has 0 radical (unpaired) electrons. The van der Waals surface area contributed by atoms with E-state index in [2.05, 4.69) is 34.8 Å². The quantitative estimate of drug-likeness (QED) is 0.472. The van der Waals surface area contributed by atoms with Crippen LogP contribution in [0.5, 0.6) is 0 Å². The third-order valence-corrected chi connectivity index (χ3v) is 4.87. The minimum Gasteiger partial charge on any atom is -0.357 e. The van der Waals surface area contributed by atoms with Gasteiger partial charge < -0.3 is 16.0 Å². The molecule has 3 N–H and O–H groups in total. The molecular weight excluding hydrogens is 284 g/mol. The predicted molar refractivity (Wildman–Crippen MR) is 92.0 cm³/mol. The topological polar surface area (TPSA) is 65.5 Å². The van der Waals surface area contributed by atoms with Gasteiger partial charge in [-0.05, 0) is 38.9 Å². The summed E-state index contributed by atoms with van der Waals surface area (Å²) in [5.41, 5.74) is 0. The molecule has 0 bridgehead atoms. The molecule has 2 unspecified atom stereocenters. The standard InChI is InChI=1S/C15H30N4OS/c1-4-12(3)19-14(20)8-9-17-15(16-5-2)18-11-13-7-6-10-21-13/h12-13H,4-11H2,1-3H3,(H,19,20)(H2,16,17,18). The third-order valence-electron chi connectivity index (χ3n) is 3.49. The first-order valence-corrected chi connectivity index (χ1v) is 9.13. The number of hydrogen-bond acceptors (Lipinski definition) is 3. The zero-order chi connectivity index (χ0) is 15.5. The maximum Gasteiger partial charge on any atom is 0.221 e. The van der Waals surface area contributed by atoms with E-state index in [0.717, 1.165) is 25.5 Å². The van der Waals surface area contributed by atoms with Crippen molar-refractivity contribution in [2.24, 2.45) is 4.99 Å². The molecule has 1 amide bonds. The fourth-order valence-corrected chi connectivity index (χ4v) is 3.25. The molecule has 1 fully saturated rings. The van der Waals surface area contributed by atoms with Gasteiger partial charge in [0.1, 0.15) is 0 Å². The van der Waals surface area contributed by atoms with Crippen LogP contribution in [-0.2, 0) is 4.79 Å². The Balaban J connectivity index is 2.26. The van der Waals surface area contributed by atoms with Gasteiger partial charge in [-0.25, -0.2) is 0 Å². The smallest absolute Gasteiger partial charge is 0.221 e. The number of nitrogens with zero attached hydrogens (tertiary/aromatic N) is 1. The maximum absolute atomic E-state index is 11.7. The van der Waals surface area contributed by atoms with Gasteiger partial charge in [-0.3, -0.25) is 9.79 Å². The highest BCUT2D eigenvalue weighted by molar-refractivity contribution is 8.00. The number of thioether (sulfide) groups is 1. The van der Waals surface area contributed by atoms with Crippen LogP contribution in [0.1, 0.15) is 46.5 Å². The van der Waals surface area contributed by atoms with Crippen molar-refractivity contribution in [3.63, 3.8) is 0 Å². The summed E-state index contributed by atoms with van der Waals surface area (Å²) in [6.45, 7) is 8.46. The van der Waals surface area contributed by atoms with Crippen molar-refractivity contribution in [1.29, 1.82) is 0 Å². The second-order valence-corrected chi connectivity index (χ2v) is 6.82. The van der Waals surface area contributed by atoms with Gasteiger partial charge in [0, 0.05) is 30.8 Å². The van der Waals surface area contributed by atoms with Crippen molar-refractivity contribution < 1.29 is 4.79 Å². The summed E-state index contributed by atoms with van der Waals surface area (Å²) in [6.07, 6.45) is 4.02. The SMILES string of the molecule is CCNC(=NCC1CCCS1)NCCC(=O)NC(C)CC. The normalized spacial score (nSPS) is 20.1. The number of aliphatic imine (C=N–C) groups is 1. The van der Waals surface area contributed by atoms with Crippen LogP contribution in [0.25, 0.3) is 0 Å². The van der Waals surface area contributed by atoms with Crippen LogP contribution in [0.3, 0.4) is 0 Å². The fourth-order valence-electron chi connectivity index (χ4n) is 2.07. The average molecular weight is 314 g/mol. The highest BCUT2D eigenvalue weighted by Gasteiger charge is 2.15. The van der Waals surface area contributed by atoms with Crippen LogP contribution < -0.4 is 16.0 Å². The highest BCUT2D eigenvalue weighted by Crippen LogP contribution is 2.25. The largest absolute Gasteiger partial charge is 0.357 e. The molecule has 122 valence electrons. The van der Waals surface area contributed by atoms with E-state index in [0.29, 0.717) is 18.2 Å². The highest BCUT2D eigenvalue weighted by atomic mass is 32.2. The Bertz CT molecular complexity index is 330. The number of nitrogens with one attached hydrogen (secondary N) is 3. The van der Waals surface area contributed by atoms with Crippen molar-refractivity contribution in [2.45, 2.75) is 57.7 Å². The first-order chi connectivity index (χ1) is 10.2. The molecule has 1 saturated heterocycles.